The van der Waals surface area contributed by atoms with E-state index in [0.717, 1.165) is 12.0 Å². The first-order valence-electron chi connectivity index (χ1n) is 9.64. The minimum Gasteiger partial charge on any atom is -0.493 e. The van der Waals surface area contributed by atoms with Crippen molar-refractivity contribution in [1.29, 1.82) is 0 Å². The summed E-state index contributed by atoms with van der Waals surface area (Å²) in [6.07, 6.45) is 2.59. The molecule has 3 rings (SSSR count). The van der Waals surface area contributed by atoms with Crippen molar-refractivity contribution >= 4 is 79.4 Å². The van der Waals surface area contributed by atoms with Crippen molar-refractivity contribution in [2.75, 3.05) is 25.6 Å². The summed E-state index contributed by atoms with van der Waals surface area (Å²) in [6, 6.07) is 10.5. The van der Waals surface area contributed by atoms with Crippen LogP contribution in [-0.2, 0) is 9.59 Å². The van der Waals surface area contributed by atoms with Gasteiger partial charge in [-0.2, -0.15) is 0 Å². The monoisotopic (exact) mass is 554 g/mol. The van der Waals surface area contributed by atoms with Gasteiger partial charge in [-0.25, -0.2) is 0 Å². The number of thiocarbonyl (C=S) groups is 1. The van der Waals surface area contributed by atoms with Crippen LogP contribution in [0.1, 0.15) is 18.9 Å². The molecular weight excluding hydrogens is 536 g/mol. The number of carbonyl (C=O) groups is 2. The van der Waals surface area contributed by atoms with E-state index in [1.54, 1.807) is 47.4 Å². The second-order valence-corrected chi connectivity index (χ2v) is 9.62. The van der Waals surface area contributed by atoms with Gasteiger partial charge in [-0.3, -0.25) is 14.5 Å². The molecule has 1 aliphatic heterocycles. The number of hydrogen-bond acceptors (Lipinski definition) is 6. The minimum atomic E-state index is -0.365. The predicted molar refractivity (Wildman–Crippen MR) is 136 cm³/mol. The Balaban J connectivity index is 1.74. The highest BCUT2D eigenvalue weighted by Gasteiger charge is 2.31. The van der Waals surface area contributed by atoms with Crippen molar-refractivity contribution in [3.05, 3.63) is 56.4 Å². The van der Waals surface area contributed by atoms with Gasteiger partial charge >= 0.3 is 0 Å². The Morgan fingerprint density at radius 2 is 2.09 bits per heavy atom. The number of hydrogen-bond donors (Lipinski definition) is 1. The molecule has 0 atom stereocenters. The fourth-order valence-corrected chi connectivity index (χ4v) is 4.98. The lowest BCUT2D eigenvalue weighted by atomic mass is 10.2. The molecule has 0 unspecified atom stereocenters. The van der Waals surface area contributed by atoms with Crippen molar-refractivity contribution in [3.8, 4) is 11.5 Å². The van der Waals surface area contributed by atoms with E-state index in [2.05, 4.69) is 21.2 Å². The Morgan fingerprint density at radius 3 is 2.78 bits per heavy atom. The van der Waals surface area contributed by atoms with E-state index in [1.807, 2.05) is 6.92 Å². The molecule has 0 spiro atoms. The zero-order valence-electron chi connectivity index (χ0n) is 17.3. The maximum atomic E-state index is 12.6. The van der Waals surface area contributed by atoms with Crippen molar-refractivity contribution in [2.45, 2.75) is 13.3 Å². The summed E-state index contributed by atoms with van der Waals surface area (Å²) in [7, 11) is 1.50. The summed E-state index contributed by atoms with van der Waals surface area (Å²) in [5.41, 5.74) is 1.24. The lowest BCUT2D eigenvalue weighted by Crippen LogP contribution is -2.28. The number of nitrogens with zero attached hydrogens (tertiary/aromatic N) is 1. The lowest BCUT2D eigenvalue weighted by Gasteiger charge is -2.14. The first-order chi connectivity index (χ1) is 15.3. The molecule has 10 heteroatoms. The number of nitrogens with one attached hydrogen (secondary N) is 1. The van der Waals surface area contributed by atoms with E-state index >= 15 is 0 Å². The van der Waals surface area contributed by atoms with Crippen LogP contribution in [0.5, 0.6) is 11.5 Å². The summed E-state index contributed by atoms with van der Waals surface area (Å²) in [6.45, 7) is 2.35. The highest BCUT2D eigenvalue weighted by Crippen LogP contribution is 2.39. The fraction of sp³-hybridized carbons (Fsp3) is 0.227. The molecule has 1 N–H and O–H groups in total. The Bertz CT molecular complexity index is 1090. The van der Waals surface area contributed by atoms with E-state index in [4.69, 9.17) is 33.3 Å². The number of benzene rings is 2. The van der Waals surface area contributed by atoms with Crippen molar-refractivity contribution in [1.82, 2.24) is 4.90 Å². The molecule has 1 fully saturated rings. The van der Waals surface area contributed by atoms with E-state index < -0.39 is 0 Å². The topological polar surface area (TPSA) is 67.9 Å². The van der Waals surface area contributed by atoms with Crippen LogP contribution in [-0.4, -0.2) is 41.3 Å². The van der Waals surface area contributed by atoms with Crippen LogP contribution >= 0.6 is 51.5 Å². The van der Waals surface area contributed by atoms with Gasteiger partial charge in [-0.05, 0) is 58.3 Å². The predicted octanol–water partition coefficient (Wildman–Crippen LogP) is 5.74. The summed E-state index contributed by atoms with van der Waals surface area (Å²) in [5, 5.41) is 3.14. The van der Waals surface area contributed by atoms with Gasteiger partial charge in [0, 0.05) is 6.54 Å². The van der Waals surface area contributed by atoms with Crippen LogP contribution < -0.4 is 14.8 Å². The Labute approximate surface area is 209 Å². The van der Waals surface area contributed by atoms with Gasteiger partial charge in [0.2, 0.25) is 0 Å². The van der Waals surface area contributed by atoms with Crippen molar-refractivity contribution in [2.24, 2.45) is 0 Å². The molecule has 168 valence electrons. The van der Waals surface area contributed by atoms with E-state index in [0.29, 0.717) is 42.5 Å². The molecule has 0 bridgehead atoms. The number of amides is 2. The standard InChI is InChI=1S/C22H20BrClN2O4S2/c1-3-8-26-21(28)18(32-22(26)31)11-13-9-14(23)20(17(10-13)29-2)30-12-19(27)25-16-7-5-4-6-15(16)24/h4-7,9-11H,3,8,12H2,1-2H3,(H,25,27)/b18-11-. The van der Waals surface area contributed by atoms with E-state index in [1.165, 1.54) is 18.9 Å². The Morgan fingerprint density at radius 1 is 1.34 bits per heavy atom. The third-order valence-electron chi connectivity index (χ3n) is 4.37. The quantitative estimate of drug-likeness (QED) is 0.331. The SMILES string of the molecule is CCCN1C(=O)/C(=C/c2cc(Br)c(OCC(=O)Nc3ccccc3Cl)c(OC)c2)SC1=S. The first kappa shape index (κ1) is 24.6. The smallest absolute Gasteiger partial charge is 0.266 e. The van der Waals surface area contributed by atoms with Gasteiger partial charge in [0.25, 0.3) is 11.8 Å². The zero-order chi connectivity index (χ0) is 23.3. The van der Waals surface area contributed by atoms with Crippen LogP contribution in [0.4, 0.5) is 5.69 Å². The molecule has 6 nitrogen and oxygen atoms in total. The normalized spacial score (nSPS) is 14.8. The molecule has 2 aromatic rings. The summed E-state index contributed by atoms with van der Waals surface area (Å²) >= 11 is 16.1. The molecule has 2 amide bonds. The molecule has 1 heterocycles. The largest absolute Gasteiger partial charge is 0.493 e. The Kier molecular flexibility index (Phi) is 8.58. The van der Waals surface area contributed by atoms with Crippen LogP contribution in [0.3, 0.4) is 0 Å². The molecule has 0 saturated carbocycles. The van der Waals surface area contributed by atoms with Crippen LogP contribution in [0, 0.1) is 0 Å². The second-order valence-electron chi connectivity index (χ2n) is 6.68. The Hall–Kier alpha value is -2.07. The molecule has 2 aromatic carbocycles. The van der Waals surface area contributed by atoms with Gasteiger partial charge in [0.05, 0.1) is 27.2 Å². The third-order valence-corrected chi connectivity index (χ3v) is 6.66. The van der Waals surface area contributed by atoms with Crippen molar-refractivity contribution < 1.29 is 19.1 Å². The minimum absolute atomic E-state index is 0.103. The number of carbonyl (C=O) groups excluding carboxylic acids is 2. The number of thioether (sulfide) groups is 1. The maximum Gasteiger partial charge on any atom is 0.266 e. The summed E-state index contributed by atoms with van der Waals surface area (Å²) in [4.78, 5) is 27.0. The summed E-state index contributed by atoms with van der Waals surface area (Å²) < 4.78 is 12.3. The molecule has 0 aromatic heterocycles. The third kappa shape index (κ3) is 5.83. The van der Waals surface area contributed by atoms with E-state index in [9.17, 15) is 9.59 Å². The molecule has 1 saturated heterocycles. The highest BCUT2D eigenvalue weighted by molar-refractivity contribution is 9.10. The lowest BCUT2D eigenvalue weighted by molar-refractivity contribution is -0.122. The van der Waals surface area contributed by atoms with Crippen LogP contribution in [0.15, 0.2) is 45.8 Å². The summed E-state index contributed by atoms with van der Waals surface area (Å²) in [5.74, 6) is 0.321. The van der Waals surface area contributed by atoms with Crippen LogP contribution in [0.2, 0.25) is 5.02 Å². The van der Waals surface area contributed by atoms with Gasteiger partial charge in [-0.15, -0.1) is 0 Å². The van der Waals surface area contributed by atoms with Gasteiger partial charge < -0.3 is 14.8 Å². The van der Waals surface area contributed by atoms with Gasteiger partial charge in [0.1, 0.15) is 4.32 Å². The number of para-hydroxylation sites is 1. The second kappa shape index (κ2) is 11.2. The highest BCUT2D eigenvalue weighted by atomic mass is 79.9. The molecular formula is C22H20BrClN2O4S2. The van der Waals surface area contributed by atoms with Crippen molar-refractivity contribution in [3.63, 3.8) is 0 Å². The number of rotatable bonds is 8. The average Bonchev–Trinajstić information content (AvgIpc) is 3.02. The number of methoxy groups -OCH3 is 1. The van der Waals surface area contributed by atoms with E-state index in [-0.39, 0.29) is 18.4 Å². The average molecular weight is 556 g/mol. The maximum absolute atomic E-state index is 12.6. The number of halogens is 2. The molecule has 1 aliphatic rings. The first-order valence-corrected chi connectivity index (χ1v) is 12.0. The van der Waals surface area contributed by atoms with Gasteiger partial charge in [0.15, 0.2) is 18.1 Å². The molecule has 0 aliphatic carbocycles. The zero-order valence-corrected chi connectivity index (χ0v) is 21.3. The van der Waals surface area contributed by atoms with Crippen LogP contribution in [0.25, 0.3) is 6.08 Å². The molecule has 0 radical (unpaired) electrons. The van der Waals surface area contributed by atoms with Gasteiger partial charge in [-0.1, -0.05) is 54.6 Å². The fourth-order valence-electron chi connectivity index (χ4n) is 2.92. The number of anilines is 1. The molecule has 32 heavy (non-hydrogen) atoms. The number of ether oxygens (including phenoxy) is 2.